The summed E-state index contributed by atoms with van der Waals surface area (Å²) in [7, 11) is 0. The number of ether oxygens (including phenoxy) is 1. The average molecular weight is 388 g/mol. The van der Waals surface area contributed by atoms with Crippen LogP contribution in [0, 0.1) is 0 Å². The molecule has 0 aliphatic rings. The lowest BCUT2D eigenvalue weighted by atomic mass is 9.99. The van der Waals surface area contributed by atoms with Crippen LogP contribution in [0.4, 0.5) is 18.0 Å². The van der Waals surface area contributed by atoms with Crippen LogP contribution in [0.3, 0.4) is 0 Å². The highest BCUT2D eigenvalue weighted by Gasteiger charge is 2.31. The molecule has 0 aliphatic heterocycles. The Morgan fingerprint density at radius 2 is 1.78 bits per heavy atom. The van der Waals surface area contributed by atoms with Crippen LogP contribution < -0.4 is 10.6 Å². The van der Waals surface area contributed by atoms with E-state index in [2.05, 4.69) is 10.6 Å². The third-order valence-electron chi connectivity index (χ3n) is 3.64. The quantitative estimate of drug-likeness (QED) is 0.750. The molecule has 2 N–H and O–H groups in total. The van der Waals surface area contributed by atoms with Crippen LogP contribution in [0.2, 0.25) is 0 Å². The van der Waals surface area contributed by atoms with E-state index < -0.39 is 41.4 Å². The first-order chi connectivity index (χ1) is 12.3. The minimum Gasteiger partial charge on any atom is -0.444 e. The summed E-state index contributed by atoms with van der Waals surface area (Å²) in [5.41, 5.74) is -1.11. The van der Waals surface area contributed by atoms with Gasteiger partial charge >= 0.3 is 12.3 Å². The van der Waals surface area contributed by atoms with Crippen LogP contribution in [0.25, 0.3) is 0 Å². The van der Waals surface area contributed by atoms with Crippen molar-refractivity contribution in [3.63, 3.8) is 0 Å². The first-order valence-electron chi connectivity index (χ1n) is 8.80. The first kappa shape index (κ1) is 22.8. The van der Waals surface area contributed by atoms with E-state index in [1.807, 2.05) is 6.92 Å². The maximum absolute atomic E-state index is 12.9. The van der Waals surface area contributed by atoms with Gasteiger partial charge in [-0.15, -0.1) is 0 Å². The monoisotopic (exact) mass is 388 g/mol. The topological polar surface area (TPSA) is 67.4 Å². The molecule has 0 saturated heterocycles. The molecule has 0 unspecified atom stereocenters. The highest BCUT2D eigenvalue weighted by molar-refractivity contribution is 5.85. The molecule has 1 rings (SSSR count). The molecule has 0 heterocycles. The molecule has 0 radical (unpaired) electrons. The highest BCUT2D eigenvalue weighted by Crippen LogP contribution is 2.31. The van der Waals surface area contributed by atoms with Gasteiger partial charge in [0.05, 0.1) is 11.6 Å². The smallest absolute Gasteiger partial charge is 0.416 e. The minimum absolute atomic E-state index is 0.365. The highest BCUT2D eigenvalue weighted by atomic mass is 19.4. The second kappa shape index (κ2) is 9.10. The number of halogens is 3. The number of alkyl halides is 3. The van der Waals surface area contributed by atoms with Crippen LogP contribution in [0.1, 0.15) is 64.6 Å². The first-order valence-corrected chi connectivity index (χ1v) is 8.80. The van der Waals surface area contributed by atoms with Crippen LogP contribution >= 0.6 is 0 Å². The number of hydrogen-bond acceptors (Lipinski definition) is 3. The number of amides is 2. The third-order valence-corrected chi connectivity index (χ3v) is 3.64. The molecule has 0 spiro atoms. The van der Waals surface area contributed by atoms with E-state index in [9.17, 15) is 22.8 Å². The number of carbonyl (C=O) groups excluding carboxylic acids is 2. The third kappa shape index (κ3) is 7.88. The van der Waals surface area contributed by atoms with Crippen molar-refractivity contribution < 1.29 is 27.5 Å². The molecule has 0 aromatic heterocycles. The van der Waals surface area contributed by atoms with E-state index in [0.717, 1.165) is 12.1 Å². The average Bonchev–Trinajstić information content (AvgIpc) is 2.51. The lowest BCUT2D eigenvalue weighted by Crippen LogP contribution is -2.47. The predicted octanol–water partition coefficient (Wildman–Crippen LogP) is 4.58. The Hall–Kier alpha value is -2.25. The summed E-state index contributed by atoms with van der Waals surface area (Å²) in [5.74, 6) is -0.503. The van der Waals surface area contributed by atoms with Gasteiger partial charge in [-0.25, -0.2) is 4.79 Å². The molecular weight excluding hydrogens is 361 g/mol. The molecule has 1 aromatic rings. The summed E-state index contributed by atoms with van der Waals surface area (Å²) in [4.78, 5) is 24.2. The molecule has 5 nitrogen and oxygen atoms in total. The minimum atomic E-state index is -4.46. The number of rotatable bonds is 6. The van der Waals surface area contributed by atoms with Gasteiger partial charge in [0.25, 0.3) is 0 Å². The largest absolute Gasteiger partial charge is 0.444 e. The summed E-state index contributed by atoms with van der Waals surface area (Å²) in [6, 6.07) is 3.39. The van der Waals surface area contributed by atoms with Crippen molar-refractivity contribution >= 4 is 12.0 Å². The second-order valence-electron chi connectivity index (χ2n) is 7.34. The fourth-order valence-corrected chi connectivity index (χ4v) is 2.39. The van der Waals surface area contributed by atoms with Gasteiger partial charge in [-0.3, -0.25) is 4.79 Å². The molecule has 152 valence electrons. The predicted molar refractivity (Wildman–Crippen MR) is 96.1 cm³/mol. The van der Waals surface area contributed by atoms with E-state index in [4.69, 9.17) is 4.74 Å². The van der Waals surface area contributed by atoms with Crippen molar-refractivity contribution in [3.8, 4) is 0 Å². The molecule has 0 bridgehead atoms. The van der Waals surface area contributed by atoms with Gasteiger partial charge in [0.2, 0.25) is 5.91 Å². The Kier molecular flexibility index (Phi) is 7.68. The zero-order chi connectivity index (χ0) is 20.8. The molecule has 8 heteroatoms. The Labute approximate surface area is 157 Å². The number of alkyl carbamates (subject to hydrolysis) is 1. The lowest BCUT2D eigenvalue weighted by Gasteiger charge is -2.24. The van der Waals surface area contributed by atoms with E-state index in [0.29, 0.717) is 18.4 Å². The molecule has 27 heavy (non-hydrogen) atoms. The standard InChI is InChI=1S/C19H27F3N2O3/c1-6-8-15(13-9-7-10-14(11-13)19(20,21)22)24-16(25)12(2)23-17(26)27-18(3,4)5/h7,9-12,15H,6,8H2,1-5H3,(H,23,26)(H,24,25)/t12-,15-/m1/s1. The Bertz CT molecular complexity index is 654. The van der Waals surface area contributed by atoms with Gasteiger partial charge in [0, 0.05) is 0 Å². The van der Waals surface area contributed by atoms with Gasteiger partial charge in [-0.1, -0.05) is 25.5 Å². The maximum Gasteiger partial charge on any atom is 0.416 e. The Morgan fingerprint density at radius 3 is 2.30 bits per heavy atom. The molecule has 2 atom stereocenters. The normalized spacial score (nSPS) is 14.2. The maximum atomic E-state index is 12.9. The SMILES string of the molecule is CCC[C@@H](NC(=O)[C@@H](C)NC(=O)OC(C)(C)C)c1cccc(C(F)(F)F)c1. The summed E-state index contributed by atoms with van der Waals surface area (Å²) >= 11 is 0. The number of carbonyl (C=O) groups is 2. The summed E-state index contributed by atoms with van der Waals surface area (Å²) in [6.07, 6.45) is -4.07. The number of hydrogen-bond donors (Lipinski definition) is 2. The zero-order valence-corrected chi connectivity index (χ0v) is 16.2. The van der Waals surface area contributed by atoms with Crippen molar-refractivity contribution in [3.05, 3.63) is 35.4 Å². The molecular formula is C19H27F3N2O3. The van der Waals surface area contributed by atoms with E-state index in [1.54, 1.807) is 26.8 Å². The second-order valence-corrected chi connectivity index (χ2v) is 7.34. The Morgan fingerprint density at radius 1 is 1.15 bits per heavy atom. The van der Waals surface area contributed by atoms with Crippen molar-refractivity contribution in [1.82, 2.24) is 10.6 Å². The molecule has 0 aliphatic carbocycles. The van der Waals surface area contributed by atoms with Crippen LogP contribution in [-0.4, -0.2) is 23.6 Å². The number of nitrogens with one attached hydrogen (secondary N) is 2. The van der Waals surface area contributed by atoms with Gasteiger partial charge in [-0.2, -0.15) is 13.2 Å². The van der Waals surface area contributed by atoms with Crippen molar-refractivity contribution in [1.29, 1.82) is 0 Å². The van der Waals surface area contributed by atoms with E-state index in [-0.39, 0.29) is 0 Å². The summed E-state index contributed by atoms with van der Waals surface area (Å²) in [5, 5.41) is 5.12. The molecule has 2 amide bonds. The Balaban J connectivity index is 2.85. The number of benzene rings is 1. The summed E-state index contributed by atoms with van der Waals surface area (Å²) < 4.78 is 43.9. The van der Waals surface area contributed by atoms with E-state index in [1.165, 1.54) is 13.0 Å². The van der Waals surface area contributed by atoms with Crippen molar-refractivity contribution in [2.24, 2.45) is 0 Å². The van der Waals surface area contributed by atoms with Gasteiger partial charge < -0.3 is 15.4 Å². The van der Waals surface area contributed by atoms with Crippen LogP contribution in [-0.2, 0) is 15.7 Å². The lowest BCUT2D eigenvalue weighted by molar-refractivity contribution is -0.137. The van der Waals surface area contributed by atoms with Crippen LogP contribution in [0.15, 0.2) is 24.3 Å². The van der Waals surface area contributed by atoms with Crippen LogP contribution in [0.5, 0.6) is 0 Å². The van der Waals surface area contributed by atoms with Crippen molar-refractivity contribution in [2.45, 2.75) is 71.3 Å². The zero-order valence-electron chi connectivity index (χ0n) is 16.2. The fourth-order valence-electron chi connectivity index (χ4n) is 2.39. The molecule has 0 saturated carbocycles. The van der Waals surface area contributed by atoms with Gasteiger partial charge in [-0.05, 0) is 51.8 Å². The van der Waals surface area contributed by atoms with Gasteiger partial charge in [0.15, 0.2) is 0 Å². The van der Waals surface area contributed by atoms with Crippen molar-refractivity contribution in [2.75, 3.05) is 0 Å². The molecule has 0 fully saturated rings. The van der Waals surface area contributed by atoms with Gasteiger partial charge in [0.1, 0.15) is 11.6 Å². The van der Waals surface area contributed by atoms with E-state index >= 15 is 0 Å². The summed E-state index contributed by atoms with van der Waals surface area (Å²) in [6.45, 7) is 8.44. The fraction of sp³-hybridized carbons (Fsp3) is 0.579. The molecule has 1 aromatic carbocycles.